The molecular weight excluding hydrogens is 174 g/mol. The van der Waals surface area contributed by atoms with Gasteiger partial charge in [-0.05, 0) is 12.8 Å². The summed E-state index contributed by atoms with van der Waals surface area (Å²) in [5.41, 5.74) is 5.86. The van der Waals surface area contributed by atoms with Crippen molar-refractivity contribution in [1.29, 1.82) is 0 Å². The van der Waals surface area contributed by atoms with E-state index in [1.165, 1.54) is 0 Å². The van der Waals surface area contributed by atoms with Crippen LogP contribution >= 0.6 is 0 Å². The van der Waals surface area contributed by atoms with Crippen molar-refractivity contribution in [3.05, 3.63) is 18.7 Å². The van der Waals surface area contributed by atoms with Crippen molar-refractivity contribution in [1.82, 2.24) is 4.57 Å². The monoisotopic (exact) mass is 196 g/mol. The summed E-state index contributed by atoms with van der Waals surface area (Å²) in [6, 6.07) is 0.770. The van der Waals surface area contributed by atoms with Gasteiger partial charge in [-0.2, -0.15) is 0 Å². The minimum absolute atomic E-state index is 0.259. The molecule has 0 fully saturated rings. The van der Waals surface area contributed by atoms with Gasteiger partial charge in [-0.1, -0.05) is 13.8 Å². The maximum atomic E-state index is 5.86. The molecule has 0 aliphatic rings. The molecule has 0 aromatic carbocycles. The molecule has 3 nitrogen and oxygen atoms in total. The number of rotatable bonds is 4. The van der Waals surface area contributed by atoms with Gasteiger partial charge >= 0.3 is 0 Å². The Hall–Kier alpha value is -0.830. The summed E-state index contributed by atoms with van der Waals surface area (Å²) in [5, 5.41) is 0. The lowest BCUT2D eigenvalue weighted by atomic mass is 9.97. The summed E-state index contributed by atoms with van der Waals surface area (Å²) < 4.78 is 4.32. The highest BCUT2D eigenvalue weighted by Crippen LogP contribution is 2.21. The Morgan fingerprint density at radius 1 is 1.36 bits per heavy atom. The summed E-state index contributed by atoms with van der Waals surface area (Å²) in [6.07, 6.45) is 7.34. The molecule has 1 aromatic rings. The molecule has 2 unspecified atom stereocenters. The summed E-state index contributed by atoms with van der Waals surface area (Å²) in [5.74, 6) is 0.619. The minimum atomic E-state index is 0.259. The van der Waals surface area contributed by atoms with Crippen LogP contribution < -0.4 is 10.3 Å². The van der Waals surface area contributed by atoms with Gasteiger partial charge in [-0.25, -0.2) is 9.13 Å². The highest BCUT2D eigenvalue weighted by Gasteiger charge is 2.21. The Morgan fingerprint density at radius 3 is 2.36 bits per heavy atom. The van der Waals surface area contributed by atoms with Crippen LogP contribution in [0.15, 0.2) is 18.7 Å². The highest BCUT2D eigenvalue weighted by molar-refractivity contribution is 4.79. The Bertz CT molecular complexity index is 276. The maximum absolute atomic E-state index is 5.86. The molecule has 1 aromatic heterocycles. The second-order valence-corrected chi connectivity index (χ2v) is 4.55. The first-order valence-corrected chi connectivity index (χ1v) is 5.29. The molecule has 14 heavy (non-hydrogen) atoms. The SMILES string of the molecule is CC(N)CC(C(C)C)n1cc[n+](C)c1. The molecule has 0 bridgehead atoms. The lowest BCUT2D eigenvalue weighted by molar-refractivity contribution is -0.671. The first kappa shape index (κ1) is 11.2. The fraction of sp³-hybridized carbons (Fsp3) is 0.727. The first-order chi connectivity index (χ1) is 6.50. The predicted molar refractivity (Wildman–Crippen MR) is 57.7 cm³/mol. The number of aryl methyl sites for hydroxylation is 1. The van der Waals surface area contributed by atoms with Crippen molar-refractivity contribution in [3.63, 3.8) is 0 Å². The van der Waals surface area contributed by atoms with E-state index in [1.54, 1.807) is 0 Å². The number of aromatic nitrogens is 2. The van der Waals surface area contributed by atoms with E-state index in [1.807, 2.05) is 7.05 Å². The van der Waals surface area contributed by atoms with Crippen LogP contribution in [0.3, 0.4) is 0 Å². The zero-order valence-corrected chi connectivity index (χ0v) is 9.64. The number of nitrogens with zero attached hydrogens (tertiary/aromatic N) is 2. The standard InChI is InChI=1S/C11H22N3/c1-9(2)11(7-10(3)12)14-6-5-13(4)8-14/h5-6,8-11H,7,12H2,1-4H3/q+1. The number of nitrogens with two attached hydrogens (primary N) is 1. The Labute approximate surface area is 86.5 Å². The molecule has 1 rings (SSSR count). The zero-order chi connectivity index (χ0) is 10.7. The molecule has 0 saturated heterocycles. The molecule has 0 spiro atoms. The molecule has 0 saturated carbocycles. The molecule has 2 atom stereocenters. The van der Waals surface area contributed by atoms with Gasteiger partial charge in [-0.3, -0.25) is 0 Å². The summed E-state index contributed by atoms with van der Waals surface area (Å²) in [7, 11) is 2.04. The van der Waals surface area contributed by atoms with E-state index in [0.29, 0.717) is 12.0 Å². The lowest BCUT2D eigenvalue weighted by Crippen LogP contribution is -2.28. The van der Waals surface area contributed by atoms with Gasteiger partial charge in [-0.15, -0.1) is 0 Å². The average Bonchev–Trinajstić information content (AvgIpc) is 2.46. The molecule has 80 valence electrons. The van der Waals surface area contributed by atoms with Gasteiger partial charge < -0.3 is 5.73 Å². The van der Waals surface area contributed by atoms with Crippen LogP contribution in [-0.2, 0) is 7.05 Å². The normalized spacial score (nSPS) is 15.9. The molecule has 2 N–H and O–H groups in total. The van der Waals surface area contributed by atoms with Crippen molar-refractivity contribution in [2.24, 2.45) is 18.7 Å². The largest absolute Gasteiger partial charge is 0.328 e. The van der Waals surface area contributed by atoms with E-state index in [-0.39, 0.29) is 6.04 Å². The number of hydrogen-bond acceptors (Lipinski definition) is 1. The zero-order valence-electron chi connectivity index (χ0n) is 9.64. The fourth-order valence-corrected chi connectivity index (χ4v) is 1.78. The van der Waals surface area contributed by atoms with Gasteiger partial charge in [0, 0.05) is 12.5 Å². The molecule has 0 radical (unpaired) electrons. The van der Waals surface area contributed by atoms with Gasteiger partial charge in [0.25, 0.3) is 0 Å². The Morgan fingerprint density at radius 2 is 2.00 bits per heavy atom. The summed E-state index contributed by atoms with van der Waals surface area (Å²) >= 11 is 0. The van der Waals surface area contributed by atoms with Crippen LogP contribution in [0.4, 0.5) is 0 Å². The lowest BCUT2D eigenvalue weighted by Gasteiger charge is -2.19. The van der Waals surface area contributed by atoms with Crippen molar-refractivity contribution in [2.75, 3.05) is 0 Å². The second-order valence-electron chi connectivity index (χ2n) is 4.55. The van der Waals surface area contributed by atoms with Crippen molar-refractivity contribution < 1.29 is 4.57 Å². The molecule has 0 aliphatic carbocycles. The maximum Gasteiger partial charge on any atom is 0.243 e. The van der Waals surface area contributed by atoms with Gasteiger partial charge in [0.15, 0.2) is 0 Å². The van der Waals surface area contributed by atoms with Gasteiger partial charge in [0.2, 0.25) is 6.33 Å². The summed E-state index contributed by atoms with van der Waals surface area (Å²) in [4.78, 5) is 0. The molecular formula is C11H22N3+. The topological polar surface area (TPSA) is 34.8 Å². The molecule has 0 aliphatic heterocycles. The Balaban J connectivity index is 2.77. The van der Waals surface area contributed by atoms with Crippen LogP contribution in [0.2, 0.25) is 0 Å². The molecule has 0 amide bonds. The van der Waals surface area contributed by atoms with Crippen LogP contribution in [-0.4, -0.2) is 10.6 Å². The fourth-order valence-electron chi connectivity index (χ4n) is 1.78. The van der Waals surface area contributed by atoms with Crippen LogP contribution in [0.5, 0.6) is 0 Å². The minimum Gasteiger partial charge on any atom is -0.328 e. The van der Waals surface area contributed by atoms with E-state index in [4.69, 9.17) is 5.73 Å². The van der Waals surface area contributed by atoms with Crippen LogP contribution in [0, 0.1) is 5.92 Å². The quantitative estimate of drug-likeness (QED) is 0.723. The Kier molecular flexibility index (Phi) is 3.69. The summed E-state index contributed by atoms with van der Waals surface area (Å²) in [6.45, 7) is 6.55. The average molecular weight is 196 g/mol. The molecule has 1 heterocycles. The van der Waals surface area contributed by atoms with Gasteiger partial charge in [0.1, 0.15) is 18.4 Å². The van der Waals surface area contributed by atoms with Crippen molar-refractivity contribution >= 4 is 0 Å². The smallest absolute Gasteiger partial charge is 0.243 e. The highest BCUT2D eigenvalue weighted by atomic mass is 15.1. The van der Waals surface area contributed by atoms with Crippen molar-refractivity contribution in [3.8, 4) is 0 Å². The second kappa shape index (κ2) is 4.60. The first-order valence-electron chi connectivity index (χ1n) is 5.29. The third-order valence-electron chi connectivity index (χ3n) is 2.56. The number of imidazole rings is 1. The number of hydrogen-bond donors (Lipinski definition) is 1. The third-order valence-corrected chi connectivity index (χ3v) is 2.56. The van der Waals surface area contributed by atoms with E-state index >= 15 is 0 Å². The van der Waals surface area contributed by atoms with E-state index < -0.39 is 0 Å². The van der Waals surface area contributed by atoms with Gasteiger partial charge in [0.05, 0.1) is 7.05 Å². The van der Waals surface area contributed by atoms with E-state index in [2.05, 4.69) is 48.6 Å². The van der Waals surface area contributed by atoms with Crippen LogP contribution in [0.25, 0.3) is 0 Å². The van der Waals surface area contributed by atoms with Crippen molar-refractivity contribution in [2.45, 2.75) is 39.3 Å². The molecule has 3 heteroatoms. The predicted octanol–water partition coefficient (Wildman–Crippen LogP) is 1.25. The van der Waals surface area contributed by atoms with E-state index in [0.717, 1.165) is 6.42 Å². The van der Waals surface area contributed by atoms with E-state index in [9.17, 15) is 0 Å². The van der Waals surface area contributed by atoms with Crippen LogP contribution in [0.1, 0.15) is 33.2 Å². The third kappa shape index (κ3) is 2.84.